The Morgan fingerprint density at radius 3 is 2.46 bits per heavy atom. The first kappa shape index (κ1) is 37.7. The third-order valence-corrected chi connectivity index (χ3v) is 10.9. The molecule has 0 aliphatic carbocycles. The van der Waals surface area contributed by atoms with Crippen molar-refractivity contribution in [2.45, 2.75) is 63.6 Å². The average Bonchev–Trinajstić information content (AvgIpc) is 3.62. The summed E-state index contributed by atoms with van der Waals surface area (Å²) in [4.78, 5) is 66.8. The highest BCUT2D eigenvalue weighted by atomic mass is 31.3. The van der Waals surface area contributed by atoms with Crippen LogP contribution in [-0.4, -0.2) is 113 Å². The lowest BCUT2D eigenvalue weighted by molar-refractivity contribution is -0.0507. The van der Waals surface area contributed by atoms with Crippen molar-refractivity contribution in [3.8, 4) is 11.5 Å². The summed E-state index contributed by atoms with van der Waals surface area (Å²) in [5.41, 5.74) is 6.85. The minimum absolute atomic E-state index is 0.0421. The molecule has 280 valence electrons. The number of nitrogens with two attached hydrogens (primary N) is 1. The number of nitrogens with one attached hydrogen (secondary N) is 1. The lowest BCUT2D eigenvalue weighted by Crippen LogP contribution is -2.33. The number of hydrogen-bond donors (Lipinski definition) is 8. The van der Waals surface area contributed by atoms with Crippen LogP contribution in [-0.2, 0) is 33.8 Å². The number of hydrogen-bond acceptors (Lipinski definition) is 18. The number of nitrogen functional groups attached to an aromatic ring is 1. The standard InChI is InChI=1S/C27H33N9O14P2/c1-11-5-13-14(6-12(11)2)35(24-19(32-13)25(41)34-27(42)33-24)4-3-15(37)16(38)7-47-51(43,44)50-52(45,46)48-8-17-20(39)21(40)26(49-17)36-10-31-18-22(28)29-9-30-23(18)36/h5-6,9-10,15-17,20-21,26,37-40H,3-4,7-8H2,1-2H3,(H,43,44)(H,45,46)(H2,28,29,30)(H,34,41,42)/t15-,16+,17+,20+,21+,26+/m0/s1. The fourth-order valence-corrected chi connectivity index (χ4v) is 7.61. The van der Waals surface area contributed by atoms with Gasteiger partial charge in [-0.1, -0.05) is 0 Å². The smallest absolute Gasteiger partial charge is 0.390 e. The van der Waals surface area contributed by atoms with Gasteiger partial charge in [-0.25, -0.2) is 33.9 Å². The highest BCUT2D eigenvalue weighted by molar-refractivity contribution is 7.61. The molecule has 1 aromatic carbocycles. The van der Waals surface area contributed by atoms with Gasteiger partial charge in [0.15, 0.2) is 29.2 Å². The van der Waals surface area contributed by atoms with Gasteiger partial charge in [-0.2, -0.15) is 9.29 Å². The van der Waals surface area contributed by atoms with E-state index < -0.39 is 76.9 Å². The molecule has 1 fully saturated rings. The van der Waals surface area contributed by atoms with Gasteiger partial charge < -0.3 is 45.3 Å². The largest absolute Gasteiger partial charge is 0.481 e. The van der Waals surface area contributed by atoms with Crippen molar-refractivity contribution >= 4 is 43.7 Å². The summed E-state index contributed by atoms with van der Waals surface area (Å²) >= 11 is 0. The summed E-state index contributed by atoms with van der Waals surface area (Å²) in [6.07, 6.45) is -7.42. The Bertz CT molecular complexity index is 2320. The molecule has 2 unspecified atom stereocenters. The van der Waals surface area contributed by atoms with Crippen molar-refractivity contribution in [1.29, 1.82) is 0 Å². The molecule has 0 saturated carbocycles. The van der Waals surface area contributed by atoms with Gasteiger partial charge in [0.1, 0.15) is 36.3 Å². The summed E-state index contributed by atoms with van der Waals surface area (Å²) in [5, 5.41) is 42.2. The first-order chi connectivity index (χ1) is 24.4. The number of aromatic nitrogens is 8. The Labute approximate surface area is 290 Å². The van der Waals surface area contributed by atoms with Gasteiger partial charge >= 0.3 is 21.3 Å². The number of aliphatic hydroxyl groups is 4. The molecule has 3 aromatic rings. The lowest BCUT2D eigenvalue weighted by atomic mass is 10.1. The highest BCUT2D eigenvalue weighted by Crippen LogP contribution is 2.60. The van der Waals surface area contributed by atoms with Gasteiger partial charge in [-0.3, -0.25) is 23.4 Å². The third-order valence-electron chi connectivity index (χ3n) is 8.33. The summed E-state index contributed by atoms with van der Waals surface area (Å²) in [6.45, 7) is 1.56. The Morgan fingerprint density at radius 1 is 1.00 bits per heavy atom. The monoisotopic (exact) mass is 769 g/mol. The molecule has 0 radical (unpaired) electrons. The predicted octanol–water partition coefficient (Wildman–Crippen LogP) is -1.39. The van der Waals surface area contributed by atoms with Gasteiger partial charge in [-0.15, -0.1) is 0 Å². The van der Waals surface area contributed by atoms with Crippen LogP contribution >= 0.6 is 15.6 Å². The summed E-state index contributed by atoms with van der Waals surface area (Å²) in [7, 11) is -10.9. The second-order valence-corrected chi connectivity index (χ2v) is 14.9. The average molecular weight is 770 g/mol. The molecule has 0 spiro atoms. The predicted molar refractivity (Wildman–Crippen MR) is 175 cm³/mol. The quantitative estimate of drug-likeness (QED) is 0.0504. The number of imidazole rings is 1. The molecule has 8 atom stereocenters. The second kappa shape index (κ2) is 14.4. The van der Waals surface area contributed by atoms with Crippen LogP contribution in [0.25, 0.3) is 33.7 Å². The number of aliphatic hydroxyl groups excluding tert-OH is 4. The van der Waals surface area contributed by atoms with Crippen molar-refractivity contribution in [2.24, 2.45) is 0 Å². The van der Waals surface area contributed by atoms with E-state index in [9.17, 15) is 48.9 Å². The molecule has 52 heavy (non-hydrogen) atoms. The fourth-order valence-electron chi connectivity index (χ4n) is 5.51. The SMILES string of the molecule is Cc1cc2nc3c(=O)[nH]c(=O)nc-3n(CC[C@H](O)[C@H](O)COP(=O)(O)OP(=O)(O)OC[C@H]3O[C@@H](n4cnc5c(N)ncnc54)[C@H](O)[C@@H]3O)c2cc1C. The molecule has 0 amide bonds. The molecular weight excluding hydrogens is 736 g/mol. The lowest BCUT2D eigenvalue weighted by Gasteiger charge is -2.22. The maximum absolute atomic E-state index is 12.5. The zero-order chi connectivity index (χ0) is 37.7. The van der Waals surface area contributed by atoms with Crippen LogP contribution in [0.4, 0.5) is 5.82 Å². The second-order valence-electron chi connectivity index (χ2n) is 11.9. The molecule has 25 heteroatoms. The molecule has 3 aliphatic rings. The number of aryl methyl sites for hydroxylation is 3. The van der Waals surface area contributed by atoms with E-state index in [1.807, 2.05) is 13.8 Å². The summed E-state index contributed by atoms with van der Waals surface area (Å²) in [6, 6.07) is 3.48. The number of ether oxygens (including phenoxy) is 1. The van der Waals surface area contributed by atoms with Crippen molar-refractivity contribution in [3.05, 3.63) is 56.8 Å². The maximum Gasteiger partial charge on any atom is 0.481 e. The van der Waals surface area contributed by atoms with Gasteiger partial charge in [0, 0.05) is 6.54 Å². The van der Waals surface area contributed by atoms with Crippen LogP contribution in [0, 0.1) is 13.8 Å². The van der Waals surface area contributed by atoms with Crippen LogP contribution in [0.3, 0.4) is 0 Å². The van der Waals surface area contributed by atoms with Crippen molar-refractivity contribution in [2.75, 3.05) is 18.9 Å². The van der Waals surface area contributed by atoms with Gasteiger partial charge in [-0.05, 0) is 43.5 Å². The number of nitrogens with zero attached hydrogens (tertiary/aromatic N) is 7. The van der Waals surface area contributed by atoms with Crippen LogP contribution in [0.1, 0.15) is 23.8 Å². The number of fused-ring (bicyclic) bond motifs is 3. The first-order valence-corrected chi connectivity index (χ1v) is 18.3. The zero-order valence-electron chi connectivity index (χ0n) is 27.2. The topological polar surface area (TPSA) is 343 Å². The minimum Gasteiger partial charge on any atom is -0.390 e. The molecule has 9 N–H and O–H groups in total. The zero-order valence-corrected chi connectivity index (χ0v) is 28.9. The number of phosphoric acid groups is 2. The van der Waals surface area contributed by atoms with E-state index in [4.69, 9.17) is 15.0 Å². The molecular formula is C27H33N9O14P2. The van der Waals surface area contributed by atoms with E-state index in [2.05, 4.69) is 38.7 Å². The maximum atomic E-state index is 12.5. The van der Waals surface area contributed by atoms with Gasteiger partial charge in [0.25, 0.3) is 5.56 Å². The fraction of sp³-hybridized carbons (Fsp3) is 0.444. The van der Waals surface area contributed by atoms with E-state index in [0.29, 0.717) is 11.0 Å². The van der Waals surface area contributed by atoms with Crippen molar-refractivity contribution in [3.63, 3.8) is 0 Å². The minimum atomic E-state index is -5.44. The molecule has 5 heterocycles. The molecule has 3 aliphatic heterocycles. The molecule has 1 saturated heterocycles. The van der Waals surface area contributed by atoms with Gasteiger partial charge in [0.2, 0.25) is 0 Å². The highest BCUT2D eigenvalue weighted by Gasteiger charge is 2.46. The Morgan fingerprint density at radius 2 is 1.71 bits per heavy atom. The Kier molecular flexibility index (Phi) is 10.4. The van der Waals surface area contributed by atoms with Crippen LogP contribution in [0.5, 0.6) is 0 Å². The number of rotatable bonds is 13. The molecule has 2 aromatic heterocycles. The van der Waals surface area contributed by atoms with Gasteiger partial charge in [0.05, 0.1) is 36.7 Å². The number of anilines is 1. The van der Waals surface area contributed by atoms with E-state index >= 15 is 0 Å². The van der Waals surface area contributed by atoms with E-state index in [1.54, 1.807) is 12.1 Å². The summed E-state index contributed by atoms with van der Waals surface area (Å²) in [5.74, 6) is -0.0367. The number of phosphoric ester groups is 2. The Balaban J connectivity index is 1.05. The summed E-state index contributed by atoms with van der Waals surface area (Å²) < 4.78 is 46.9. The number of H-pyrrole nitrogens is 1. The van der Waals surface area contributed by atoms with Crippen molar-refractivity contribution in [1.82, 2.24) is 39.0 Å². The Hall–Kier alpha value is -4.09. The number of aromatic amines is 1. The van der Waals surface area contributed by atoms with Crippen LogP contribution in [0.2, 0.25) is 0 Å². The van der Waals surface area contributed by atoms with Crippen LogP contribution < -0.4 is 17.0 Å². The first-order valence-electron chi connectivity index (χ1n) is 15.3. The molecule has 23 nitrogen and oxygen atoms in total. The molecule has 0 bridgehead atoms. The van der Waals surface area contributed by atoms with Crippen LogP contribution in [0.15, 0.2) is 34.4 Å². The normalized spacial score (nSPS) is 22.8. The third kappa shape index (κ3) is 7.67. The van der Waals surface area contributed by atoms with E-state index in [1.165, 1.54) is 15.5 Å². The van der Waals surface area contributed by atoms with E-state index in [0.717, 1.165) is 17.5 Å². The van der Waals surface area contributed by atoms with Crippen molar-refractivity contribution < 1.29 is 57.4 Å². The molecule has 6 rings (SSSR count). The number of benzene rings is 1. The van der Waals surface area contributed by atoms with E-state index in [-0.39, 0.29) is 41.5 Å².